The largest absolute Gasteiger partial charge is 0.389 e. The summed E-state index contributed by atoms with van der Waals surface area (Å²) in [5, 5.41) is 10.3. The molecule has 4 heteroatoms. The van der Waals surface area contributed by atoms with Crippen LogP contribution in [0.2, 0.25) is 0 Å². The molecule has 1 atom stereocenters. The summed E-state index contributed by atoms with van der Waals surface area (Å²) >= 11 is 1.82. The quantitative estimate of drug-likeness (QED) is 0.757. The van der Waals surface area contributed by atoms with E-state index in [1.165, 1.54) is 9.75 Å². The molecule has 0 saturated carbocycles. The molecule has 0 amide bonds. The van der Waals surface area contributed by atoms with E-state index in [0.717, 1.165) is 12.1 Å². The van der Waals surface area contributed by atoms with Crippen molar-refractivity contribution in [1.82, 2.24) is 4.90 Å². The average Bonchev–Trinajstić information content (AvgIpc) is 2.93. The van der Waals surface area contributed by atoms with Gasteiger partial charge in [0, 0.05) is 28.9 Å². The molecule has 0 aliphatic rings. The Hall–Kier alpha value is -1.20. The number of hydrogen-bond acceptors (Lipinski definition) is 4. The summed E-state index contributed by atoms with van der Waals surface area (Å²) in [5.74, 6) is 0. The first-order chi connectivity index (χ1) is 11.0. The van der Waals surface area contributed by atoms with E-state index in [-0.39, 0.29) is 0 Å². The molecule has 2 aromatic rings. The number of thiophene rings is 1. The van der Waals surface area contributed by atoms with Gasteiger partial charge in [-0.15, -0.1) is 11.3 Å². The molecule has 0 bridgehead atoms. The summed E-state index contributed by atoms with van der Waals surface area (Å²) < 4.78 is 5.64. The van der Waals surface area contributed by atoms with Crippen molar-refractivity contribution in [1.29, 1.82) is 0 Å². The number of ether oxygens (including phenoxy) is 1. The Kier molecular flexibility index (Phi) is 7.24. The lowest BCUT2D eigenvalue weighted by atomic mass is 10.2. The second kappa shape index (κ2) is 9.18. The molecule has 0 saturated heterocycles. The molecule has 1 unspecified atom stereocenters. The van der Waals surface area contributed by atoms with Crippen LogP contribution < -0.4 is 0 Å². The summed E-state index contributed by atoms with van der Waals surface area (Å²) in [4.78, 5) is 4.96. The molecule has 2 rings (SSSR count). The topological polar surface area (TPSA) is 32.7 Å². The van der Waals surface area contributed by atoms with Gasteiger partial charge in [0.25, 0.3) is 0 Å². The van der Waals surface area contributed by atoms with E-state index < -0.39 is 6.10 Å². The number of hydrogen-bond donors (Lipinski definition) is 1. The van der Waals surface area contributed by atoms with Gasteiger partial charge in [-0.3, -0.25) is 4.90 Å². The first kappa shape index (κ1) is 18.1. The van der Waals surface area contributed by atoms with Crippen LogP contribution in [0, 0.1) is 6.92 Å². The highest BCUT2D eigenvalue weighted by molar-refractivity contribution is 7.11. The molecule has 1 aromatic carbocycles. The van der Waals surface area contributed by atoms with Gasteiger partial charge in [-0.2, -0.15) is 0 Å². The van der Waals surface area contributed by atoms with Crippen molar-refractivity contribution < 1.29 is 9.84 Å². The maximum Gasteiger partial charge on any atom is 0.0900 e. The lowest BCUT2D eigenvalue weighted by Gasteiger charge is -2.28. The summed E-state index contributed by atoms with van der Waals surface area (Å²) in [6.45, 7) is 8.87. The molecule has 0 radical (unpaired) electrons. The van der Waals surface area contributed by atoms with E-state index in [4.69, 9.17) is 4.74 Å². The molecule has 1 N–H and O–H groups in total. The van der Waals surface area contributed by atoms with Gasteiger partial charge < -0.3 is 9.84 Å². The van der Waals surface area contributed by atoms with E-state index in [9.17, 15) is 5.11 Å². The number of aryl methyl sites for hydroxylation is 1. The third kappa shape index (κ3) is 6.43. The Morgan fingerprint density at radius 1 is 1.13 bits per heavy atom. The summed E-state index contributed by atoms with van der Waals surface area (Å²) in [5.41, 5.74) is 1.13. The van der Waals surface area contributed by atoms with Crippen molar-refractivity contribution in [2.75, 3.05) is 13.2 Å². The molecular formula is C19H27NO2S. The standard InChI is InChI=1S/C19H27NO2S/c1-15(2)20(12-19-10-9-16(3)23-19)11-18(21)14-22-13-17-7-5-4-6-8-17/h4-10,15,18,21H,11-14H2,1-3H3. The number of benzene rings is 1. The van der Waals surface area contributed by atoms with Crippen LogP contribution in [-0.4, -0.2) is 35.3 Å². The van der Waals surface area contributed by atoms with Crippen LogP contribution >= 0.6 is 11.3 Å². The predicted octanol–water partition coefficient (Wildman–Crippen LogP) is 3.84. The normalized spacial score (nSPS) is 13.0. The highest BCUT2D eigenvalue weighted by Crippen LogP contribution is 2.18. The molecule has 3 nitrogen and oxygen atoms in total. The molecule has 23 heavy (non-hydrogen) atoms. The molecule has 0 fully saturated rings. The summed E-state index contributed by atoms with van der Waals surface area (Å²) in [6, 6.07) is 14.8. The highest BCUT2D eigenvalue weighted by Gasteiger charge is 2.16. The fourth-order valence-corrected chi connectivity index (χ4v) is 3.35. The maximum atomic E-state index is 10.3. The zero-order valence-electron chi connectivity index (χ0n) is 14.2. The van der Waals surface area contributed by atoms with Crippen LogP contribution in [0.25, 0.3) is 0 Å². The van der Waals surface area contributed by atoms with E-state index in [1.807, 2.05) is 41.7 Å². The Morgan fingerprint density at radius 3 is 2.48 bits per heavy atom. The molecular weight excluding hydrogens is 306 g/mol. The van der Waals surface area contributed by atoms with Gasteiger partial charge in [-0.1, -0.05) is 30.3 Å². The molecule has 1 aromatic heterocycles. The molecule has 0 aliphatic heterocycles. The zero-order chi connectivity index (χ0) is 16.7. The van der Waals surface area contributed by atoms with Crippen molar-refractivity contribution in [3.8, 4) is 0 Å². The van der Waals surface area contributed by atoms with Crippen molar-refractivity contribution in [2.24, 2.45) is 0 Å². The SMILES string of the molecule is Cc1ccc(CN(CC(O)COCc2ccccc2)C(C)C)s1. The van der Waals surface area contributed by atoms with Gasteiger partial charge in [0.05, 0.1) is 19.3 Å². The van der Waals surface area contributed by atoms with E-state index in [1.54, 1.807) is 0 Å². The highest BCUT2D eigenvalue weighted by atomic mass is 32.1. The van der Waals surface area contributed by atoms with Gasteiger partial charge in [0.2, 0.25) is 0 Å². The van der Waals surface area contributed by atoms with E-state index in [2.05, 4.69) is 37.8 Å². The Bertz CT molecular complexity index is 568. The van der Waals surface area contributed by atoms with Gasteiger partial charge >= 0.3 is 0 Å². The fourth-order valence-electron chi connectivity index (χ4n) is 2.44. The van der Waals surface area contributed by atoms with Gasteiger partial charge in [0.1, 0.15) is 0 Å². The van der Waals surface area contributed by atoms with E-state index in [0.29, 0.717) is 25.8 Å². The minimum absolute atomic E-state index is 0.363. The first-order valence-corrected chi connectivity index (χ1v) is 8.95. The lowest BCUT2D eigenvalue weighted by Crippen LogP contribution is -2.38. The van der Waals surface area contributed by atoms with Crippen molar-refractivity contribution in [2.45, 2.75) is 46.1 Å². The summed E-state index contributed by atoms with van der Waals surface area (Å²) in [7, 11) is 0. The van der Waals surface area contributed by atoms with Crippen LogP contribution in [0.5, 0.6) is 0 Å². The third-order valence-corrected chi connectivity index (χ3v) is 4.74. The zero-order valence-corrected chi connectivity index (χ0v) is 15.1. The van der Waals surface area contributed by atoms with Crippen LogP contribution in [0.4, 0.5) is 0 Å². The second-order valence-corrected chi connectivity index (χ2v) is 7.56. The Morgan fingerprint density at radius 2 is 1.87 bits per heavy atom. The average molecular weight is 333 g/mol. The Balaban J connectivity index is 1.77. The smallest absolute Gasteiger partial charge is 0.0900 e. The molecule has 1 heterocycles. The van der Waals surface area contributed by atoms with Crippen LogP contribution in [-0.2, 0) is 17.9 Å². The van der Waals surface area contributed by atoms with Crippen molar-refractivity contribution >= 4 is 11.3 Å². The first-order valence-electron chi connectivity index (χ1n) is 8.13. The van der Waals surface area contributed by atoms with Crippen LogP contribution in [0.3, 0.4) is 0 Å². The number of nitrogens with zero attached hydrogens (tertiary/aromatic N) is 1. The molecule has 0 aliphatic carbocycles. The minimum atomic E-state index is -0.470. The van der Waals surface area contributed by atoms with Crippen LogP contribution in [0.15, 0.2) is 42.5 Å². The number of rotatable bonds is 9. The molecule has 126 valence electrons. The third-order valence-electron chi connectivity index (χ3n) is 3.75. The van der Waals surface area contributed by atoms with E-state index >= 15 is 0 Å². The maximum absolute atomic E-state index is 10.3. The van der Waals surface area contributed by atoms with Gasteiger partial charge in [0.15, 0.2) is 0 Å². The number of aliphatic hydroxyl groups excluding tert-OH is 1. The number of aliphatic hydroxyl groups is 1. The lowest BCUT2D eigenvalue weighted by molar-refractivity contribution is 0.00333. The Labute approximate surface area is 143 Å². The monoisotopic (exact) mass is 333 g/mol. The summed E-state index contributed by atoms with van der Waals surface area (Å²) in [6.07, 6.45) is -0.470. The van der Waals surface area contributed by atoms with Crippen molar-refractivity contribution in [3.05, 3.63) is 57.8 Å². The van der Waals surface area contributed by atoms with Crippen molar-refractivity contribution in [3.63, 3.8) is 0 Å². The fraction of sp³-hybridized carbons (Fsp3) is 0.474. The minimum Gasteiger partial charge on any atom is -0.389 e. The van der Waals surface area contributed by atoms with Crippen LogP contribution in [0.1, 0.15) is 29.2 Å². The second-order valence-electron chi connectivity index (χ2n) is 6.19. The van der Waals surface area contributed by atoms with Gasteiger partial charge in [-0.05, 0) is 38.5 Å². The van der Waals surface area contributed by atoms with Gasteiger partial charge in [-0.25, -0.2) is 0 Å². The molecule has 0 spiro atoms. The predicted molar refractivity (Wildman–Crippen MR) is 96.7 cm³/mol.